The summed E-state index contributed by atoms with van der Waals surface area (Å²) in [6.45, 7) is -0.501. The molecule has 0 aliphatic carbocycles. The molecule has 7 heteroatoms. The molecule has 0 heterocycles. The van der Waals surface area contributed by atoms with Gasteiger partial charge in [0.15, 0.2) is 12.4 Å². The van der Waals surface area contributed by atoms with Gasteiger partial charge < -0.3 is 15.8 Å². The molecule has 0 radical (unpaired) electrons. The molecule has 0 saturated heterocycles. The van der Waals surface area contributed by atoms with Crippen LogP contribution in [0.15, 0.2) is 60.7 Å². The first-order valence-corrected chi connectivity index (χ1v) is 7.86. The number of carbonyl (C=O) groups is 4. The summed E-state index contributed by atoms with van der Waals surface area (Å²) in [5.74, 6) is -2.64. The fourth-order valence-electron chi connectivity index (χ4n) is 2.17. The van der Waals surface area contributed by atoms with Crippen LogP contribution >= 0.6 is 0 Å². The Hall–Kier alpha value is -3.48. The smallest absolute Gasteiger partial charge is 0.329 e. The van der Waals surface area contributed by atoms with Crippen molar-refractivity contribution in [2.24, 2.45) is 5.73 Å². The Kier molecular flexibility index (Phi) is 6.61. The van der Waals surface area contributed by atoms with Crippen molar-refractivity contribution in [2.45, 2.75) is 12.5 Å². The van der Waals surface area contributed by atoms with Crippen LogP contribution in [0.2, 0.25) is 0 Å². The summed E-state index contributed by atoms with van der Waals surface area (Å²) in [6.07, 6.45) is -0.434. The quantitative estimate of drug-likeness (QED) is 0.544. The van der Waals surface area contributed by atoms with Crippen molar-refractivity contribution in [3.8, 4) is 0 Å². The SMILES string of the molecule is NC(=O)C[C@H](NC(=O)c1ccccc1)C(=O)OCC(=O)c1ccccc1. The number of amides is 2. The topological polar surface area (TPSA) is 116 Å². The zero-order chi connectivity index (χ0) is 18.9. The van der Waals surface area contributed by atoms with Crippen LogP contribution in [0.25, 0.3) is 0 Å². The van der Waals surface area contributed by atoms with Gasteiger partial charge in [0.1, 0.15) is 6.04 Å². The van der Waals surface area contributed by atoms with Gasteiger partial charge in [-0.3, -0.25) is 14.4 Å². The minimum Gasteiger partial charge on any atom is -0.456 e. The van der Waals surface area contributed by atoms with E-state index in [-0.39, 0.29) is 0 Å². The number of carbonyl (C=O) groups excluding carboxylic acids is 4. The normalized spacial score (nSPS) is 11.2. The summed E-state index contributed by atoms with van der Waals surface area (Å²) in [4.78, 5) is 47.5. The van der Waals surface area contributed by atoms with E-state index in [4.69, 9.17) is 10.5 Å². The summed E-state index contributed by atoms with van der Waals surface area (Å²) >= 11 is 0. The number of nitrogens with one attached hydrogen (secondary N) is 1. The highest BCUT2D eigenvalue weighted by Crippen LogP contribution is 2.04. The van der Waals surface area contributed by atoms with Gasteiger partial charge in [-0.25, -0.2) is 4.79 Å². The van der Waals surface area contributed by atoms with Crippen molar-refractivity contribution < 1.29 is 23.9 Å². The van der Waals surface area contributed by atoms with Gasteiger partial charge in [-0.1, -0.05) is 48.5 Å². The summed E-state index contributed by atoms with van der Waals surface area (Å²) < 4.78 is 4.95. The maximum Gasteiger partial charge on any atom is 0.329 e. The standard InChI is InChI=1S/C19H18N2O5/c20-17(23)11-15(21-18(24)14-9-5-2-6-10-14)19(25)26-12-16(22)13-7-3-1-4-8-13/h1-10,15H,11-12H2,(H2,20,23)(H,21,24)/t15-/m0/s1. The van der Waals surface area contributed by atoms with E-state index in [9.17, 15) is 19.2 Å². The molecule has 0 bridgehead atoms. The minimum absolute atomic E-state index is 0.315. The van der Waals surface area contributed by atoms with Crippen LogP contribution in [-0.4, -0.2) is 36.2 Å². The number of hydrogen-bond acceptors (Lipinski definition) is 5. The van der Waals surface area contributed by atoms with E-state index in [1.54, 1.807) is 60.7 Å². The Labute approximate surface area is 150 Å². The number of ketones is 1. The molecule has 3 N–H and O–H groups in total. The van der Waals surface area contributed by atoms with Crippen LogP contribution < -0.4 is 11.1 Å². The number of primary amides is 1. The molecular formula is C19H18N2O5. The number of ether oxygens (including phenoxy) is 1. The van der Waals surface area contributed by atoms with E-state index in [0.29, 0.717) is 11.1 Å². The van der Waals surface area contributed by atoms with E-state index >= 15 is 0 Å². The van der Waals surface area contributed by atoms with Gasteiger partial charge in [0, 0.05) is 11.1 Å². The molecule has 134 valence electrons. The maximum atomic E-state index is 12.2. The lowest BCUT2D eigenvalue weighted by molar-refractivity contribution is -0.146. The molecule has 1 atom stereocenters. The zero-order valence-electron chi connectivity index (χ0n) is 13.9. The van der Waals surface area contributed by atoms with E-state index in [0.717, 1.165) is 0 Å². The van der Waals surface area contributed by atoms with Crippen molar-refractivity contribution in [3.63, 3.8) is 0 Å². The molecule has 2 aromatic rings. The molecule has 26 heavy (non-hydrogen) atoms. The number of hydrogen-bond donors (Lipinski definition) is 2. The Morgan fingerprint density at radius 1 is 0.885 bits per heavy atom. The fourth-order valence-corrected chi connectivity index (χ4v) is 2.17. The molecule has 2 rings (SSSR count). The van der Waals surface area contributed by atoms with Crippen molar-refractivity contribution >= 4 is 23.6 Å². The van der Waals surface area contributed by atoms with Crippen molar-refractivity contribution in [2.75, 3.05) is 6.61 Å². The predicted molar refractivity (Wildman–Crippen MR) is 93.2 cm³/mol. The minimum atomic E-state index is -1.27. The molecule has 0 saturated carbocycles. The third-order valence-corrected chi connectivity index (χ3v) is 3.47. The average molecular weight is 354 g/mol. The van der Waals surface area contributed by atoms with Gasteiger partial charge in [0.25, 0.3) is 5.91 Å². The van der Waals surface area contributed by atoms with Crippen LogP contribution in [0, 0.1) is 0 Å². The monoisotopic (exact) mass is 354 g/mol. The summed E-state index contributed by atoms with van der Waals surface area (Å²) in [5.41, 5.74) is 5.83. The lowest BCUT2D eigenvalue weighted by Crippen LogP contribution is -2.44. The van der Waals surface area contributed by atoms with E-state index in [1.165, 1.54) is 0 Å². The van der Waals surface area contributed by atoms with Crippen LogP contribution in [0.3, 0.4) is 0 Å². The second kappa shape index (κ2) is 9.12. The highest BCUT2D eigenvalue weighted by atomic mass is 16.5. The Morgan fingerprint density at radius 2 is 1.42 bits per heavy atom. The summed E-state index contributed by atoms with van der Waals surface area (Å²) in [5, 5.41) is 2.40. The van der Waals surface area contributed by atoms with Crippen LogP contribution in [0.4, 0.5) is 0 Å². The largest absolute Gasteiger partial charge is 0.456 e. The van der Waals surface area contributed by atoms with Crippen LogP contribution in [-0.2, 0) is 14.3 Å². The first kappa shape index (κ1) is 18.9. The second-order valence-corrected chi connectivity index (χ2v) is 5.46. The second-order valence-electron chi connectivity index (χ2n) is 5.46. The highest BCUT2D eigenvalue weighted by molar-refractivity contribution is 6.00. The molecule has 2 aromatic carbocycles. The molecular weight excluding hydrogens is 336 g/mol. The van der Waals surface area contributed by atoms with Crippen LogP contribution in [0.5, 0.6) is 0 Å². The summed E-state index contributed by atoms with van der Waals surface area (Å²) in [7, 11) is 0. The summed E-state index contributed by atoms with van der Waals surface area (Å²) in [6, 6.07) is 15.2. The molecule has 7 nitrogen and oxygen atoms in total. The maximum absolute atomic E-state index is 12.2. The number of esters is 1. The highest BCUT2D eigenvalue weighted by Gasteiger charge is 2.25. The lowest BCUT2D eigenvalue weighted by atomic mass is 10.1. The molecule has 0 fully saturated rings. The van der Waals surface area contributed by atoms with Crippen LogP contribution in [0.1, 0.15) is 27.1 Å². The Balaban J connectivity index is 1.99. The van der Waals surface area contributed by atoms with Gasteiger partial charge in [-0.05, 0) is 12.1 Å². The Morgan fingerprint density at radius 3 is 1.96 bits per heavy atom. The van der Waals surface area contributed by atoms with E-state index in [1.807, 2.05) is 0 Å². The molecule has 0 aromatic heterocycles. The molecule has 0 aliphatic heterocycles. The van der Waals surface area contributed by atoms with Gasteiger partial charge in [0.2, 0.25) is 5.91 Å². The Bertz CT molecular complexity index is 790. The van der Waals surface area contributed by atoms with E-state index in [2.05, 4.69) is 5.32 Å². The van der Waals surface area contributed by atoms with Gasteiger partial charge in [-0.2, -0.15) is 0 Å². The number of rotatable bonds is 8. The first-order chi connectivity index (χ1) is 12.5. The van der Waals surface area contributed by atoms with Gasteiger partial charge >= 0.3 is 5.97 Å². The predicted octanol–water partition coefficient (Wildman–Crippen LogP) is 1.09. The number of nitrogens with two attached hydrogens (primary N) is 1. The van der Waals surface area contributed by atoms with E-state index < -0.39 is 42.6 Å². The van der Waals surface area contributed by atoms with Crippen molar-refractivity contribution in [1.29, 1.82) is 0 Å². The average Bonchev–Trinajstić information content (AvgIpc) is 2.66. The molecule has 0 unspecified atom stereocenters. The van der Waals surface area contributed by atoms with Gasteiger partial charge in [0.05, 0.1) is 6.42 Å². The third kappa shape index (κ3) is 5.55. The number of Topliss-reactive ketones (excluding diaryl/α,β-unsaturated/α-hetero) is 1. The van der Waals surface area contributed by atoms with Crippen molar-refractivity contribution in [3.05, 3.63) is 71.8 Å². The number of benzene rings is 2. The lowest BCUT2D eigenvalue weighted by Gasteiger charge is -2.16. The zero-order valence-corrected chi connectivity index (χ0v) is 13.9. The third-order valence-electron chi connectivity index (χ3n) is 3.47. The van der Waals surface area contributed by atoms with Crippen molar-refractivity contribution in [1.82, 2.24) is 5.32 Å². The molecule has 0 spiro atoms. The van der Waals surface area contributed by atoms with Gasteiger partial charge in [-0.15, -0.1) is 0 Å². The first-order valence-electron chi connectivity index (χ1n) is 7.86. The molecule has 2 amide bonds. The molecule has 0 aliphatic rings. The fraction of sp³-hybridized carbons (Fsp3) is 0.158.